The van der Waals surface area contributed by atoms with Crippen LogP contribution in [0, 0.1) is 5.92 Å². The quantitative estimate of drug-likeness (QED) is 0.673. The number of carboxylic acids is 1. The molecule has 142 valence electrons. The minimum Gasteiger partial charge on any atom is -0.493 e. The SMILES string of the molecule is O=C(O)COc1ccc(CCNC(=O)c2ccc(OCC3CC3)cc2)cc1. The van der Waals surface area contributed by atoms with Crippen molar-refractivity contribution in [2.24, 2.45) is 5.92 Å². The molecule has 2 aromatic rings. The Labute approximate surface area is 158 Å². The average Bonchev–Trinajstić information content (AvgIpc) is 3.50. The Hall–Kier alpha value is -3.02. The highest BCUT2D eigenvalue weighted by molar-refractivity contribution is 5.94. The zero-order chi connectivity index (χ0) is 19.1. The van der Waals surface area contributed by atoms with Crippen molar-refractivity contribution in [2.45, 2.75) is 19.3 Å². The van der Waals surface area contributed by atoms with Crippen molar-refractivity contribution in [3.63, 3.8) is 0 Å². The van der Waals surface area contributed by atoms with Gasteiger partial charge in [-0.05, 0) is 67.1 Å². The lowest BCUT2D eigenvalue weighted by Gasteiger charge is -2.08. The molecule has 0 heterocycles. The van der Waals surface area contributed by atoms with Crippen LogP contribution < -0.4 is 14.8 Å². The van der Waals surface area contributed by atoms with E-state index >= 15 is 0 Å². The number of benzene rings is 2. The fraction of sp³-hybridized carbons (Fsp3) is 0.333. The highest BCUT2D eigenvalue weighted by atomic mass is 16.5. The van der Waals surface area contributed by atoms with E-state index in [1.165, 1.54) is 12.8 Å². The highest BCUT2D eigenvalue weighted by Gasteiger charge is 2.21. The van der Waals surface area contributed by atoms with Crippen molar-refractivity contribution in [1.29, 1.82) is 0 Å². The number of hydrogen-bond donors (Lipinski definition) is 2. The van der Waals surface area contributed by atoms with Crippen LogP contribution >= 0.6 is 0 Å². The normalized spacial score (nSPS) is 13.0. The number of carbonyl (C=O) groups is 2. The minimum atomic E-state index is -1.01. The van der Waals surface area contributed by atoms with E-state index in [1.807, 2.05) is 24.3 Å². The van der Waals surface area contributed by atoms with Gasteiger partial charge in [0.1, 0.15) is 11.5 Å². The van der Waals surface area contributed by atoms with Crippen LogP contribution in [0.4, 0.5) is 0 Å². The number of amides is 1. The van der Waals surface area contributed by atoms with Gasteiger partial charge in [-0.1, -0.05) is 12.1 Å². The number of carboxylic acid groups (broad SMARTS) is 1. The zero-order valence-electron chi connectivity index (χ0n) is 15.0. The predicted molar refractivity (Wildman–Crippen MR) is 100 cm³/mol. The summed E-state index contributed by atoms with van der Waals surface area (Å²) in [5.41, 5.74) is 1.63. The van der Waals surface area contributed by atoms with Crippen molar-refractivity contribution in [3.05, 3.63) is 59.7 Å². The Morgan fingerprint density at radius 3 is 2.22 bits per heavy atom. The molecular weight excluding hydrogens is 346 g/mol. The summed E-state index contributed by atoms with van der Waals surface area (Å²) < 4.78 is 10.8. The van der Waals surface area contributed by atoms with Crippen LogP contribution in [0.2, 0.25) is 0 Å². The van der Waals surface area contributed by atoms with Crippen LogP contribution in [-0.2, 0) is 11.2 Å². The average molecular weight is 369 g/mol. The molecule has 0 bridgehead atoms. The molecule has 1 aliphatic carbocycles. The summed E-state index contributed by atoms with van der Waals surface area (Å²) in [4.78, 5) is 22.7. The first-order valence-corrected chi connectivity index (χ1v) is 9.05. The van der Waals surface area contributed by atoms with Crippen LogP contribution in [0.15, 0.2) is 48.5 Å². The van der Waals surface area contributed by atoms with Gasteiger partial charge in [-0.25, -0.2) is 4.79 Å². The van der Waals surface area contributed by atoms with Gasteiger partial charge in [-0.3, -0.25) is 4.79 Å². The van der Waals surface area contributed by atoms with E-state index in [9.17, 15) is 9.59 Å². The van der Waals surface area contributed by atoms with Crippen molar-refractivity contribution >= 4 is 11.9 Å². The first-order chi connectivity index (χ1) is 13.1. The van der Waals surface area contributed by atoms with Gasteiger partial charge < -0.3 is 19.9 Å². The molecule has 1 fully saturated rings. The van der Waals surface area contributed by atoms with Gasteiger partial charge in [0.25, 0.3) is 5.91 Å². The summed E-state index contributed by atoms with van der Waals surface area (Å²) in [6, 6.07) is 14.4. The maximum absolute atomic E-state index is 12.2. The van der Waals surface area contributed by atoms with Crippen molar-refractivity contribution in [1.82, 2.24) is 5.32 Å². The molecule has 0 spiro atoms. The van der Waals surface area contributed by atoms with Crippen molar-refractivity contribution in [3.8, 4) is 11.5 Å². The van der Waals surface area contributed by atoms with Gasteiger partial charge in [0.05, 0.1) is 6.61 Å². The first kappa shape index (κ1) is 18.8. The van der Waals surface area contributed by atoms with E-state index in [0.717, 1.165) is 17.9 Å². The molecule has 3 rings (SSSR count). The molecule has 1 amide bonds. The fourth-order valence-electron chi connectivity index (χ4n) is 2.52. The Bertz CT molecular complexity index is 766. The molecule has 2 aromatic carbocycles. The van der Waals surface area contributed by atoms with Gasteiger partial charge in [0, 0.05) is 12.1 Å². The van der Waals surface area contributed by atoms with Gasteiger partial charge in [0.2, 0.25) is 0 Å². The topological polar surface area (TPSA) is 84.9 Å². The monoisotopic (exact) mass is 369 g/mol. The summed E-state index contributed by atoms with van der Waals surface area (Å²) in [6.07, 6.45) is 3.17. The largest absolute Gasteiger partial charge is 0.493 e. The van der Waals surface area contributed by atoms with Gasteiger partial charge in [-0.2, -0.15) is 0 Å². The third-order valence-electron chi connectivity index (χ3n) is 4.28. The smallest absolute Gasteiger partial charge is 0.341 e. The molecular formula is C21H23NO5. The number of rotatable bonds is 10. The summed E-state index contributed by atoms with van der Waals surface area (Å²) in [5, 5.41) is 11.5. The van der Waals surface area contributed by atoms with Gasteiger partial charge in [0.15, 0.2) is 6.61 Å². The molecule has 0 unspecified atom stereocenters. The zero-order valence-corrected chi connectivity index (χ0v) is 15.0. The number of ether oxygens (including phenoxy) is 2. The summed E-state index contributed by atoms with van der Waals surface area (Å²) in [6.45, 7) is 0.902. The van der Waals surface area contributed by atoms with Crippen LogP contribution in [-0.4, -0.2) is 36.7 Å². The minimum absolute atomic E-state index is 0.120. The second kappa shape index (κ2) is 9.07. The second-order valence-electron chi connectivity index (χ2n) is 6.61. The highest BCUT2D eigenvalue weighted by Crippen LogP contribution is 2.29. The third-order valence-corrected chi connectivity index (χ3v) is 4.28. The van der Waals surface area contributed by atoms with E-state index in [4.69, 9.17) is 14.6 Å². The number of aliphatic carboxylic acids is 1. The Kier molecular flexibility index (Phi) is 6.30. The summed E-state index contributed by atoms with van der Waals surface area (Å²) in [5.74, 6) is 0.873. The van der Waals surface area contributed by atoms with E-state index in [-0.39, 0.29) is 12.5 Å². The summed E-state index contributed by atoms with van der Waals surface area (Å²) >= 11 is 0. The van der Waals surface area contributed by atoms with Gasteiger partial charge in [-0.15, -0.1) is 0 Å². The lowest BCUT2D eigenvalue weighted by Crippen LogP contribution is -2.25. The van der Waals surface area contributed by atoms with E-state index in [1.54, 1.807) is 24.3 Å². The lowest BCUT2D eigenvalue weighted by molar-refractivity contribution is -0.139. The molecule has 0 aromatic heterocycles. The third kappa shape index (κ3) is 6.33. The Morgan fingerprint density at radius 1 is 0.963 bits per heavy atom. The van der Waals surface area contributed by atoms with Crippen molar-refractivity contribution in [2.75, 3.05) is 19.8 Å². The second-order valence-corrected chi connectivity index (χ2v) is 6.61. The van der Waals surface area contributed by atoms with Crippen LogP contribution in [0.3, 0.4) is 0 Å². The molecule has 0 saturated heterocycles. The Balaban J connectivity index is 1.40. The molecule has 6 heteroatoms. The summed E-state index contributed by atoms with van der Waals surface area (Å²) in [7, 11) is 0. The lowest BCUT2D eigenvalue weighted by atomic mass is 10.1. The predicted octanol–water partition coefficient (Wildman–Crippen LogP) is 2.91. The molecule has 0 radical (unpaired) electrons. The molecule has 27 heavy (non-hydrogen) atoms. The van der Waals surface area contributed by atoms with Crippen LogP contribution in [0.25, 0.3) is 0 Å². The van der Waals surface area contributed by atoms with Crippen molar-refractivity contribution < 1.29 is 24.2 Å². The number of hydrogen-bond acceptors (Lipinski definition) is 4. The van der Waals surface area contributed by atoms with E-state index in [2.05, 4.69) is 5.32 Å². The van der Waals surface area contributed by atoms with Gasteiger partial charge >= 0.3 is 5.97 Å². The first-order valence-electron chi connectivity index (χ1n) is 9.05. The number of nitrogens with one attached hydrogen (secondary N) is 1. The molecule has 0 aliphatic heterocycles. The molecule has 0 atom stereocenters. The fourth-order valence-corrected chi connectivity index (χ4v) is 2.52. The van der Waals surface area contributed by atoms with E-state index in [0.29, 0.717) is 30.2 Å². The molecule has 1 aliphatic rings. The molecule has 2 N–H and O–H groups in total. The molecule has 6 nitrogen and oxygen atoms in total. The maximum atomic E-state index is 12.2. The molecule has 1 saturated carbocycles. The Morgan fingerprint density at radius 2 is 1.59 bits per heavy atom. The van der Waals surface area contributed by atoms with Crippen LogP contribution in [0.1, 0.15) is 28.8 Å². The number of carbonyl (C=O) groups excluding carboxylic acids is 1. The standard InChI is InChI=1S/C21H23NO5/c23-20(24)14-27-18-7-3-15(4-8-18)11-12-22-21(25)17-5-9-19(10-6-17)26-13-16-1-2-16/h3-10,16H,1-2,11-14H2,(H,22,25)(H,23,24). The van der Waals surface area contributed by atoms with E-state index < -0.39 is 5.97 Å². The maximum Gasteiger partial charge on any atom is 0.341 e. The van der Waals surface area contributed by atoms with Crippen LogP contribution in [0.5, 0.6) is 11.5 Å².